The van der Waals surface area contributed by atoms with Crippen LogP contribution in [0.25, 0.3) is 0 Å². The lowest BCUT2D eigenvalue weighted by atomic mass is 10.0. The van der Waals surface area contributed by atoms with Gasteiger partial charge in [-0.2, -0.15) is 0 Å². The number of hydrogen-bond acceptors (Lipinski definition) is 6. The molecule has 0 bridgehead atoms. The highest BCUT2D eigenvalue weighted by molar-refractivity contribution is 5.71. The summed E-state index contributed by atoms with van der Waals surface area (Å²) >= 11 is 0. The van der Waals surface area contributed by atoms with Crippen molar-refractivity contribution in [3.8, 4) is 0 Å². The summed E-state index contributed by atoms with van der Waals surface area (Å²) < 4.78 is 17.0. The van der Waals surface area contributed by atoms with Crippen LogP contribution < -0.4 is 0 Å². The van der Waals surface area contributed by atoms with Gasteiger partial charge in [0, 0.05) is 19.3 Å². The Kier molecular flexibility index (Phi) is 64.7. The van der Waals surface area contributed by atoms with Gasteiger partial charge in [-0.25, -0.2) is 0 Å². The fraction of sp³-hybridized carbons (Fsp3) is 0.795. The van der Waals surface area contributed by atoms with Gasteiger partial charge in [0.2, 0.25) is 0 Å². The molecule has 0 aliphatic rings. The summed E-state index contributed by atoms with van der Waals surface area (Å²) in [4.78, 5) is 38.4. The molecular weight excluding hydrogens is 973 g/mol. The standard InChI is InChI=1S/C73H130O6/c1-4-7-10-13-16-19-22-25-28-31-34-35-36-37-40-42-45-48-51-54-57-60-63-66-72(75)78-69-70(79-73(76)67-64-61-58-55-52-49-46-43-39-33-30-27-24-21-18-15-12-9-6-3)68-77-71(74)65-62-59-56-53-50-47-44-41-38-32-29-26-23-20-17-14-11-8-5-2/h9,12,18,21,27,30-31,34,39,43,49,52,70H,4-8,10-11,13-17,19-20,22-26,28-29,32-33,35-38,40-42,44-48,50-51,53-69H2,1-3H3/b12-9-,21-18-,30-27-,34-31-,43-39-,52-49-. The molecule has 6 nitrogen and oxygen atoms in total. The molecule has 0 spiro atoms. The Labute approximate surface area is 491 Å². The number of unbranched alkanes of at least 4 members (excludes halogenated alkanes) is 40. The lowest BCUT2D eigenvalue weighted by Gasteiger charge is -2.18. The molecule has 0 amide bonds. The monoisotopic (exact) mass is 1100 g/mol. The summed E-state index contributed by atoms with van der Waals surface area (Å²) in [5, 5.41) is 0. The average molecular weight is 1100 g/mol. The van der Waals surface area contributed by atoms with E-state index in [0.717, 1.165) is 96.3 Å². The van der Waals surface area contributed by atoms with Gasteiger partial charge in [0.1, 0.15) is 13.2 Å². The van der Waals surface area contributed by atoms with E-state index in [0.29, 0.717) is 19.3 Å². The molecule has 0 fully saturated rings. The molecule has 0 aromatic carbocycles. The van der Waals surface area contributed by atoms with E-state index < -0.39 is 6.10 Å². The number of esters is 3. The highest BCUT2D eigenvalue weighted by atomic mass is 16.6. The SMILES string of the molecule is CC/C=C\C/C=C\C/C=C\C/C=C\C/C=C\CCCCCC(=O)OC(COC(=O)CCCCCCCCCCCCC/C=C\CCCCCCCCCC)COC(=O)CCCCCCCCCCCCCCCCCCCCC. The predicted octanol–water partition coefficient (Wildman–Crippen LogP) is 23.7. The van der Waals surface area contributed by atoms with E-state index in [2.05, 4.69) is 93.7 Å². The van der Waals surface area contributed by atoms with Crippen LogP contribution in [0.4, 0.5) is 0 Å². The largest absolute Gasteiger partial charge is 0.462 e. The van der Waals surface area contributed by atoms with Gasteiger partial charge in [0.15, 0.2) is 6.10 Å². The minimum Gasteiger partial charge on any atom is -0.462 e. The second-order valence-corrected chi connectivity index (χ2v) is 23.1. The molecule has 0 rings (SSSR count). The first-order valence-electron chi connectivity index (χ1n) is 34.4. The van der Waals surface area contributed by atoms with E-state index in [1.54, 1.807) is 0 Å². The minimum absolute atomic E-state index is 0.0855. The van der Waals surface area contributed by atoms with Gasteiger partial charge in [-0.15, -0.1) is 0 Å². The van der Waals surface area contributed by atoms with Crippen molar-refractivity contribution in [3.05, 3.63) is 72.9 Å². The highest BCUT2D eigenvalue weighted by Crippen LogP contribution is 2.18. The van der Waals surface area contributed by atoms with Crippen molar-refractivity contribution in [3.63, 3.8) is 0 Å². The van der Waals surface area contributed by atoms with Crippen LogP contribution in [-0.2, 0) is 28.6 Å². The predicted molar refractivity (Wildman–Crippen MR) is 344 cm³/mol. The molecule has 0 heterocycles. The molecule has 0 aromatic heterocycles. The number of ether oxygens (including phenoxy) is 3. The highest BCUT2D eigenvalue weighted by Gasteiger charge is 2.19. The Morgan fingerprint density at radius 3 is 0.797 bits per heavy atom. The molecule has 0 N–H and O–H groups in total. The zero-order valence-electron chi connectivity index (χ0n) is 52.6. The van der Waals surface area contributed by atoms with Gasteiger partial charge in [-0.1, -0.05) is 318 Å². The number of rotatable bonds is 63. The summed E-state index contributed by atoms with van der Waals surface area (Å²) in [5.41, 5.74) is 0. The second kappa shape index (κ2) is 67.4. The molecule has 0 saturated heterocycles. The quantitative estimate of drug-likeness (QED) is 0.0261. The van der Waals surface area contributed by atoms with Gasteiger partial charge >= 0.3 is 17.9 Å². The molecule has 0 saturated carbocycles. The maximum absolute atomic E-state index is 12.9. The molecular formula is C73H130O6. The number of hydrogen-bond donors (Lipinski definition) is 0. The number of carbonyl (C=O) groups excluding carboxylic acids is 3. The Hall–Kier alpha value is -3.15. The first-order chi connectivity index (χ1) is 39.0. The summed E-state index contributed by atoms with van der Waals surface area (Å²) in [7, 11) is 0. The van der Waals surface area contributed by atoms with E-state index in [1.165, 1.54) is 218 Å². The van der Waals surface area contributed by atoms with Crippen molar-refractivity contribution >= 4 is 17.9 Å². The molecule has 0 aromatic rings. The van der Waals surface area contributed by atoms with E-state index in [1.807, 2.05) is 0 Å². The first kappa shape index (κ1) is 75.8. The average Bonchev–Trinajstić information content (AvgIpc) is 3.45. The third-order valence-corrected chi connectivity index (χ3v) is 15.2. The number of carbonyl (C=O) groups is 3. The smallest absolute Gasteiger partial charge is 0.306 e. The fourth-order valence-corrected chi connectivity index (χ4v) is 10.1. The van der Waals surface area contributed by atoms with Gasteiger partial charge in [0.25, 0.3) is 0 Å². The Balaban J connectivity index is 4.38. The van der Waals surface area contributed by atoms with Crippen molar-refractivity contribution in [2.45, 2.75) is 361 Å². The first-order valence-corrected chi connectivity index (χ1v) is 34.4. The zero-order valence-corrected chi connectivity index (χ0v) is 52.6. The summed E-state index contributed by atoms with van der Waals surface area (Å²) in [5.74, 6) is -0.898. The van der Waals surface area contributed by atoms with E-state index in [-0.39, 0.29) is 31.1 Å². The summed E-state index contributed by atoms with van der Waals surface area (Å²) in [6.45, 7) is 6.56. The third-order valence-electron chi connectivity index (χ3n) is 15.2. The summed E-state index contributed by atoms with van der Waals surface area (Å²) in [6, 6.07) is 0. The van der Waals surface area contributed by atoms with Crippen molar-refractivity contribution < 1.29 is 28.6 Å². The normalized spacial score (nSPS) is 12.5. The van der Waals surface area contributed by atoms with Gasteiger partial charge in [-0.3, -0.25) is 14.4 Å². The Bertz CT molecular complexity index is 1450. The topological polar surface area (TPSA) is 78.9 Å². The van der Waals surface area contributed by atoms with Crippen LogP contribution in [0.15, 0.2) is 72.9 Å². The van der Waals surface area contributed by atoms with Crippen LogP contribution in [0.3, 0.4) is 0 Å². The van der Waals surface area contributed by atoms with Crippen LogP contribution in [0.5, 0.6) is 0 Å². The Morgan fingerprint density at radius 1 is 0.266 bits per heavy atom. The van der Waals surface area contributed by atoms with Gasteiger partial charge < -0.3 is 14.2 Å². The maximum Gasteiger partial charge on any atom is 0.306 e. The lowest BCUT2D eigenvalue weighted by molar-refractivity contribution is -0.167. The Morgan fingerprint density at radius 2 is 0.494 bits per heavy atom. The third kappa shape index (κ3) is 65.5. The number of allylic oxidation sites excluding steroid dienone is 12. The van der Waals surface area contributed by atoms with E-state index >= 15 is 0 Å². The van der Waals surface area contributed by atoms with Crippen molar-refractivity contribution in [1.82, 2.24) is 0 Å². The van der Waals surface area contributed by atoms with Gasteiger partial charge in [-0.05, 0) is 89.9 Å². The molecule has 0 aliphatic heterocycles. The van der Waals surface area contributed by atoms with E-state index in [9.17, 15) is 14.4 Å². The van der Waals surface area contributed by atoms with Crippen molar-refractivity contribution in [2.24, 2.45) is 0 Å². The minimum atomic E-state index is -0.794. The summed E-state index contributed by atoms with van der Waals surface area (Å²) in [6.07, 6.45) is 87.8. The molecule has 6 heteroatoms. The molecule has 0 radical (unpaired) electrons. The zero-order chi connectivity index (χ0) is 57.1. The van der Waals surface area contributed by atoms with Crippen LogP contribution in [-0.4, -0.2) is 37.2 Å². The van der Waals surface area contributed by atoms with Crippen LogP contribution >= 0.6 is 0 Å². The van der Waals surface area contributed by atoms with Gasteiger partial charge in [0.05, 0.1) is 0 Å². The molecule has 458 valence electrons. The van der Waals surface area contributed by atoms with Crippen molar-refractivity contribution in [2.75, 3.05) is 13.2 Å². The molecule has 79 heavy (non-hydrogen) atoms. The molecule has 1 unspecified atom stereocenters. The lowest BCUT2D eigenvalue weighted by Crippen LogP contribution is -2.30. The second-order valence-electron chi connectivity index (χ2n) is 23.1. The maximum atomic E-state index is 12.9. The van der Waals surface area contributed by atoms with Crippen LogP contribution in [0.2, 0.25) is 0 Å². The van der Waals surface area contributed by atoms with E-state index in [4.69, 9.17) is 14.2 Å². The fourth-order valence-electron chi connectivity index (χ4n) is 10.1. The molecule has 1 atom stereocenters. The van der Waals surface area contributed by atoms with Crippen LogP contribution in [0, 0.1) is 0 Å². The van der Waals surface area contributed by atoms with Crippen LogP contribution in [0.1, 0.15) is 355 Å². The van der Waals surface area contributed by atoms with Crippen molar-refractivity contribution in [1.29, 1.82) is 0 Å². The molecule has 0 aliphatic carbocycles.